The molecule has 3 heterocycles. The summed E-state index contributed by atoms with van der Waals surface area (Å²) in [6.07, 6.45) is 0. The summed E-state index contributed by atoms with van der Waals surface area (Å²) < 4.78 is 7.49. The van der Waals surface area contributed by atoms with Crippen molar-refractivity contribution in [3.63, 3.8) is 0 Å². The minimum Gasteiger partial charge on any atom is -0.309 e. The minimum atomic E-state index is 1.16. The Morgan fingerprint density at radius 3 is 1.59 bits per heavy atom. The Balaban J connectivity index is 1.07. The maximum absolute atomic E-state index is 2.43. The van der Waals surface area contributed by atoms with Crippen molar-refractivity contribution in [2.24, 2.45) is 0 Å². The van der Waals surface area contributed by atoms with Crippen LogP contribution in [0.3, 0.4) is 0 Å². The predicted molar refractivity (Wildman–Crippen MR) is 219 cm³/mol. The van der Waals surface area contributed by atoms with Gasteiger partial charge in [0.2, 0.25) is 0 Å². The van der Waals surface area contributed by atoms with Gasteiger partial charge in [-0.2, -0.15) is 0 Å². The SMILES string of the molecule is c1ccc(-c2ccc(-n3c4ccccc4c4ccc(-c5ccc6c(c5)c5ccccc5n6-c5ccc6c(c5)sc5ccccc56)cc43)cc2)cc1. The molecule has 0 amide bonds. The van der Waals surface area contributed by atoms with Gasteiger partial charge in [0.1, 0.15) is 0 Å². The monoisotopic (exact) mass is 666 g/mol. The number of hydrogen-bond donors (Lipinski definition) is 0. The molecule has 0 fully saturated rings. The molecule has 0 saturated carbocycles. The molecule has 11 aromatic rings. The highest BCUT2D eigenvalue weighted by atomic mass is 32.1. The number of nitrogens with zero attached hydrogens (tertiary/aromatic N) is 2. The summed E-state index contributed by atoms with van der Waals surface area (Å²) in [5.41, 5.74) is 12.1. The third-order valence-corrected chi connectivity index (χ3v) is 11.7. The Kier molecular flexibility index (Phi) is 6.16. The van der Waals surface area contributed by atoms with E-state index in [0.29, 0.717) is 0 Å². The summed E-state index contributed by atoms with van der Waals surface area (Å²) in [7, 11) is 0. The van der Waals surface area contributed by atoms with Crippen molar-refractivity contribution in [2.75, 3.05) is 0 Å². The van der Waals surface area contributed by atoms with E-state index in [1.165, 1.54) is 91.7 Å². The first kappa shape index (κ1) is 28.4. The number of rotatable bonds is 4. The number of benzene rings is 8. The zero-order valence-electron chi connectivity index (χ0n) is 27.6. The second-order valence-electron chi connectivity index (χ2n) is 13.4. The standard InChI is InChI=1S/C48H30N2S/c1-2-10-31(11-3-1)32-18-22-35(23-19-32)49-43-15-7-4-12-37(43)39-25-20-34(29-46(39)49)33-21-27-45-42(28-33)38-13-5-8-16-44(38)50(45)36-24-26-41-40-14-6-9-17-47(40)51-48(41)30-36/h1-30H. The van der Waals surface area contributed by atoms with Gasteiger partial charge in [-0.15, -0.1) is 11.3 Å². The number of aromatic nitrogens is 2. The van der Waals surface area contributed by atoms with Crippen LogP contribution >= 0.6 is 11.3 Å². The summed E-state index contributed by atoms with van der Waals surface area (Å²) >= 11 is 1.87. The molecule has 0 saturated heterocycles. The zero-order chi connectivity index (χ0) is 33.5. The van der Waals surface area contributed by atoms with Crippen LogP contribution in [0.1, 0.15) is 0 Å². The quantitative estimate of drug-likeness (QED) is 0.177. The smallest absolute Gasteiger partial charge is 0.0547 e. The molecule has 0 unspecified atom stereocenters. The van der Waals surface area contributed by atoms with Crippen molar-refractivity contribution >= 4 is 75.1 Å². The van der Waals surface area contributed by atoms with E-state index >= 15 is 0 Å². The molecule has 51 heavy (non-hydrogen) atoms. The molecule has 0 aliphatic rings. The first-order valence-corrected chi connectivity index (χ1v) is 18.2. The first-order chi connectivity index (χ1) is 25.3. The lowest BCUT2D eigenvalue weighted by Crippen LogP contribution is -1.94. The third kappa shape index (κ3) is 4.35. The van der Waals surface area contributed by atoms with Crippen LogP contribution < -0.4 is 0 Å². The van der Waals surface area contributed by atoms with E-state index in [0.717, 1.165) is 5.69 Å². The van der Waals surface area contributed by atoms with E-state index in [1.54, 1.807) is 0 Å². The largest absolute Gasteiger partial charge is 0.309 e. The minimum absolute atomic E-state index is 1.16. The molecule has 2 nitrogen and oxygen atoms in total. The molecule has 3 heteroatoms. The maximum Gasteiger partial charge on any atom is 0.0547 e. The molecule has 0 spiro atoms. The van der Waals surface area contributed by atoms with Crippen LogP contribution in [0.4, 0.5) is 0 Å². The van der Waals surface area contributed by atoms with Gasteiger partial charge in [0, 0.05) is 53.1 Å². The normalized spacial score (nSPS) is 11.9. The average molecular weight is 667 g/mol. The van der Waals surface area contributed by atoms with Crippen LogP contribution in [0.25, 0.3) is 97.4 Å². The molecule has 3 aromatic heterocycles. The van der Waals surface area contributed by atoms with E-state index in [4.69, 9.17) is 0 Å². The fraction of sp³-hybridized carbons (Fsp3) is 0. The van der Waals surface area contributed by atoms with Crippen LogP contribution in [0.15, 0.2) is 182 Å². The molecule has 238 valence electrons. The highest BCUT2D eigenvalue weighted by molar-refractivity contribution is 7.25. The Hall–Kier alpha value is -6.42. The lowest BCUT2D eigenvalue weighted by molar-refractivity contribution is 1.18. The van der Waals surface area contributed by atoms with Gasteiger partial charge >= 0.3 is 0 Å². The fourth-order valence-electron chi connectivity index (χ4n) is 8.15. The van der Waals surface area contributed by atoms with Crippen molar-refractivity contribution in [3.05, 3.63) is 182 Å². The predicted octanol–water partition coefficient (Wildman–Crippen LogP) is 13.6. The molecule has 0 bridgehead atoms. The topological polar surface area (TPSA) is 9.86 Å². The van der Waals surface area contributed by atoms with Crippen molar-refractivity contribution < 1.29 is 0 Å². The molecule has 0 N–H and O–H groups in total. The number of para-hydroxylation sites is 2. The molecular formula is C48H30N2S. The molecule has 0 aliphatic heterocycles. The van der Waals surface area contributed by atoms with Gasteiger partial charge in [-0.3, -0.25) is 0 Å². The van der Waals surface area contributed by atoms with Crippen LogP contribution in [0.2, 0.25) is 0 Å². The average Bonchev–Trinajstić information content (AvgIpc) is 3.85. The number of thiophene rings is 1. The summed E-state index contributed by atoms with van der Waals surface area (Å²) in [5.74, 6) is 0. The van der Waals surface area contributed by atoms with E-state index in [1.807, 2.05) is 11.3 Å². The molecule has 0 radical (unpaired) electrons. The second-order valence-corrected chi connectivity index (χ2v) is 14.4. The van der Waals surface area contributed by atoms with Crippen LogP contribution in [-0.2, 0) is 0 Å². The van der Waals surface area contributed by atoms with Gasteiger partial charge in [-0.1, -0.05) is 121 Å². The van der Waals surface area contributed by atoms with Gasteiger partial charge in [0.15, 0.2) is 0 Å². The fourth-order valence-corrected chi connectivity index (χ4v) is 9.29. The molecule has 11 rings (SSSR count). The third-order valence-electron chi connectivity index (χ3n) is 10.5. The maximum atomic E-state index is 2.43. The molecule has 8 aromatic carbocycles. The lowest BCUT2D eigenvalue weighted by atomic mass is 10.0. The van der Waals surface area contributed by atoms with Crippen LogP contribution in [0, 0.1) is 0 Å². The van der Waals surface area contributed by atoms with E-state index in [9.17, 15) is 0 Å². The number of hydrogen-bond acceptors (Lipinski definition) is 1. The molecular weight excluding hydrogens is 637 g/mol. The van der Waals surface area contributed by atoms with E-state index < -0.39 is 0 Å². The van der Waals surface area contributed by atoms with Crippen LogP contribution in [-0.4, -0.2) is 9.13 Å². The van der Waals surface area contributed by atoms with Gasteiger partial charge in [-0.25, -0.2) is 0 Å². The van der Waals surface area contributed by atoms with Crippen molar-refractivity contribution in [1.29, 1.82) is 0 Å². The lowest BCUT2D eigenvalue weighted by Gasteiger charge is -2.11. The van der Waals surface area contributed by atoms with Crippen molar-refractivity contribution in [3.8, 4) is 33.6 Å². The Morgan fingerprint density at radius 1 is 0.275 bits per heavy atom. The summed E-state index contributed by atoms with van der Waals surface area (Å²) in [5, 5.41) is 7.70. The first-order valence-electron chi connectivity index (χ1n) is 17.4. The number of fused-ring (bicyclic) bond motifs is 9. The van der Waals surface area contributed by atoms with E-state index in [2.05, 4.69) is 191 Å². The Bertz CT molecular complexity index is 3120. The summed E-state index contributed by atoms with van der Waals surface area (Å²) in [4.78, 5) is 0. The van der Waals surface area contributed by atoms with Gasteiger partial charge in [0.25, 0.3) is 0 Å². The molecule has 0 atom stereocenters. The van der Waals surface area contributed by atoms with Gasteiger partial charge in [-0.05, 0) is 82.9 Å². The van der Waals surface area contributed by atoms with E-state index in [-0.39, 0.29) is 0 Å². The summed E-state index contributed by atoms with van der Waals surface area (Å²) in [6.45, 7) is 0. The van der Waals surface area contributed by atoms with Crippen molar-refractivity contribution in [1.82, 2.24) is 9.13 Å². The Morgan fingerprint density at radius 2 is 0.784 bits per heavy atom. The van der Waals surface area contributed by atoms with Crippen LogP contribution in [0.5, 0.6) is 0 Å². The van der Waals surface area contributed by atoms with Gasteiger partial charge < -0.3 is 9.13 Å². The van der Waals surface area contributed by atoms with Gasteiger partial charge in [0.05, 0.1) is 22.1 Å². The van der Waals surface area contributed by atoms with Crippen molar-refractivity contribution in [2.45, 2.75) is 0 Å². The highest BCUT2D eigenvalue weighted by Gasteiger charge is 2.17. The zero-order valence-corrected chi connectivity index (χ0v) is 28.4. The summed E-state index contributed by atoms with van der Waals surface area (Å²) in [6, 6.07) is 66.7. The Labute approximate surface area is 298 Å². The molecule has 0 aliphatic carbocycles. The highest BCUT2D eigenvalue weighted by Crippen LogP contribution is 2.40. The second kappa shape index (κ2) is 11.0.